The molecule has 2 aromatic rings. The largest absolute Gasteiger partial charge is 0.481 e. The highest BCUT2D eigenvalue weighted by molar-refractivity contribution is 6.30. The highest BCUT2D eigenvalue weighted by Gasteiger charge is 2.24. The second kappa shape index (κ2) is 7.84. The van der Waals surface area contributed by atoms with Crippen molar-refractivity contribution in [3.05, 3.63) is 64.7 Å². The van der Waals surface area contributed by atoms with Crippen LogP contribution in [0.3, 0.4) is 0 Å². The summed E-state index contributed by atoms with van der Waals surface area (Å²) >= 11 is 5.90. The molecule has 3 N–H and O–H groups in total. The summed E-state index contributed by atoms with van der Waals surface area (Å²) in [6.45, 7) is 3.44. The summed E-state index contributed by atoms with van der Waals surface area (Å²) in [5.74, 6) is -0.515. The van der Waals surface area contributed by atoms with E-state index < -0.39 is 24.0 Å². The monoisotopic (exact) mass is 346 g/mol. The minimum atomic E-state index is -0.906. The van der Waals surface area contributed by atoms with Crippen LogP contribution in [0.5, 0.6) is 5.75 Å². The zero-order valence-electron chi connectivity index (χ0n) is 13.5. The maximum absolute atomic E-state index is 12.3. The number of hydrogen-bond acceptors (Lipinski definition) is 3. The van der Waals surface area contributed by atoms with Crippen LogP contribution in [0.2, 0.25) is 5.02 Å². The van der Waals surface area contributed by atoms with Gasteiger partial charge in [0.05, 0.1) is 0 Å². The molecule has 2 amide bonds. The Bertz CT molecular complexity index is 734. The van der Waals surface area contributed by atoms with Crippen LogP contribution in [0.15, 0.2) is 48.5 Å². The fourth-order valence-electron chi connectivity index (χ4n) is 2.21. The number of carbonyl (C=O) groups excluding carboxylic acids is 2. The minimum absolute atomic E-state index is 0.433. The lowest BCUT2D eigenvalue weighted by Gasteiger charge is -2.20. The summed E-state index contributed by atoms with van der Waals surface area (Å²) < 4.78 is 5.66. The molecule has 0 fully saturated rings. The Kier molecular flexibility index (Phi) is 5.82. The van der Waals surface area contributed by atoms with E-state index in [0.717, 1.165) is 5.56 Å². The number of ether oxygens (including phenoxy) is 1. The van der Waals surface area contributed by atoms with Crippen molar-refractivity contribution < 1.29 is 14.3 Å². The predicted octanol–water partition coefficient (Wildman–Crippen LogP) is 2.76. The Labute approximate surface area is 145 Å². The van der Waals surface area contributed by atoms with Gasteiger partial charge in [-0.15, -0.1) is 0 Å². The van der Waals surface area contributed by atoms with Gasteiger partial charge in [0.15, 0.2) is 6.10 Å². The zero-order chi connectivity index (χ0) is 17.7. The van der Waals surface area contributed by atoms with Crippen LogP contribution in [0.4, 0.5) is 0 Å². The van der Waals surface area contributed by atoms with Crippen molar-refractivity contribution in [3.63, 3.8) is 0 Å². The normalized spacial score (nSPS) is 13.0. The van der Waals surface area contributed by atoms with E-state index in [1.54, 1.807) is 49.4 Å². The second-order valence-corrected chi connectivity index (χ2v) is 5.86. The first kappa shape index (κ1) is 17.8. The highest BCUT2D eigenvalue weighted by atomic mass is 35.5. The van der Waals surface area contributed by atoms with Crippen LogP contribution in [0.25, 0.3) is 0 Å². The van der Waals surface area contributed by atoms with E-state index in [2.05, 4.69) is 5.32 Å². The van der Waals surface area contributed by atoms with Crippen molar-refractivity contribution in [1.29, 1.82) is 0 Å². The van der Waals surface area contributed by atoms with Crippen molar-refractivity contribution in [3.8, 4) is 5.75 Å². The standard InChI is InChI=1S/C18H19ClN2O3/c1-11-10-14(19)8-9-15(11)24-12(2)18(23)21-16(17(20)22)13-6-4-3-5-7-13/h3-10,12,16H,1-2H3,(H2,20,22)(H,21,23). The van der Waals surface area contributed by atoms with E-state index >= 15 is 0 Å². The third-order valence-electron chi connectivity index (χ3n) is 3.51. The van der Waals surface area contributed by atoms with Gasteiger partial charge in [-0.3, -0.25) is 9.59 Å². The molecule has 0 saturated carbocycles. The molecule has 0 heterocycles. The number of aryl methyl sites for hydroxylation is 1. The van der Waals surface area contributed by atoms with Gasteiger partial charge in [-0.1, -0.05) is 41.9 Å². The lowest BCUT2D eigenvalue weighted by molar-refractivity contribution is -0.131. The summed E-state index contributed by atoms with van der Waals surface area (Å²) in [5, 5.41) is 3.21. The van der Waals surface area contributed by atoms with Crippen LogP contribution in [0.1, 0.15) is 24.1 Å². The average molecular weight is 347 g/mol. The number of amides is 2. The van der Waals surface area contributed by atoms with Crippen LogP contribution in [0, 0.1) is 6.92 Å². The quantitative estimate of drug-likeness (QED) is 0.843. The first-order valence-electron chi connectivity index (χ1n) is 7.46. The Morgan fingerprint density at radius 2 is 1.83 bits per heavy atom. The number of hydrogen-bond donors (Lipinski definition) is 2. The molecule has 24 heavy (non-hydrogen) atoms. The number of rotatable bonds is 6. The van der Waals surface area contributed by atoms with Crippen LogP contribution in [-0.2, 0) is 9.59 Å². The summed E-state index contributed by atoms with van der Waals surface area (Å²) in [6.07, 6.45) is -0.796. The molecule has 6 heteroatoms. The maximum atomic E-state index is 12.3. The summed E-state index contributed by atoms with van der Waals surface area (Å²) in [5.41, 5.74) is 6.84. The van der Waals surface area contributed by atoms with Crippen LogP contribution >= 0.6 is 11.6 Å². The number of nitrogens with one attached hydrogen (secondary N) is 1. The lowest BCUT2D eigenvalue weighted by Crippen LogP contribution is -2.43. The fraction of sp³-hybridized carbons (Fsp3) is 0.222. The SMILES string of the molecule is Cc1cc(Cl)ccc1OC(C)C(=O)NC(C(N)=O)c1ccccc1. The third kappa shape index (κ3) is 4.49. The molecule has 0 aromatic heterocycles. The number of benzene rings is 2. The van der Waals surface area contributed by atoms with E-state index in [1.807, 2.05) is 13.0 Å². The van der Waals surface area contributed by atoms with Crippen LogP contribution in [-0.4, -0.2) is 17.9 Å². The van der Waals surface area contributed by atoms with E-state index in [0.29, 0.717) is 16.3 Å². The van der Waals surface area contributed by atoms with Crippen LogP contribution < -0.4 is 15.8 Å². The maximum Gasteiger partial charge on any atom is 0.261 e. The molecular weight excluding hydrogens is 328 g/mol. The molecule has 2 aromatic carbocycles. The molecule has 0 aliphatic carbocycles. The highest BCUT2D eigenvalue weighted by Crippen LogP contribution is 2.23. The van der Waals surface area contributed by atoms with Gasteiger partial charge in [0.2, 0.25) is 5.91 Å². The molecule has 2 rings (SSSR count). The Morgan fingerprint density at radius 3 is 2.42 bits per heavy atom. The van der Waals surface area contributed by atoms with Crippen molar-refractivity contribution in [2.75, 3.05) is 0 Å². The predicted molar refractivity (Wildman–Crippen MR) is 92.8 cm³/mol. The van der Waals surface area contributed by atoms with E-state index in [1.165, 1.54) is 0 Å². The number of carbonyl (C=O) groups is 2. The first-order valence-corrected chi connectivity index (χ1v) is 7.83. The number of halogens is 1. The molecule has 0 spiro atoms. The van der Waals surface area contributed by atoms with Crippen molar-refractivity contribution in [2.45, 2.75) is 26.0 Å². The molecule has 2 atom stereocenters. The van der Waals surface area contributed by atoms with Gasteiger partial charge < -0.3 is 15.8 Å². The molecule has 0 radical (unpaired) electrons. The Hall–Kier alpha value is -2.53. The third-order valence-corrected chi connectivity index (χ3v) is 3.75. The lowest BCUT2D eigenvalue weighted by atomic mass is 10.1. The summed E-state index contributed by atoms with van der Waals surface area (Å²) in [7, 11) is 0. The number of nitrogens with two attached hydrogens (primary N) is 1. The topological polar surface area (TPSA) is 81.4 Å². The van der Waals surface area contributed by atoms with E-state index in [-0.39, 0.29) is 0 Å². The molecule has 0 bridgehead atoms. The summed E-state index contributed by atoms with van der Waals surface area (Å²) in [4.78, 5) is 24.0. The molecule has 126 valence electrons. The van der Waals surface area contributed by atoms with Gasteiger partial charge in [0.25, 0.3) is 5.91 Å². The average Bonchev–Trinajstić information content (AvgIpc) is 2.55. The Balaban J connectivity index is 2.08. The minimum Gasteiger partial charge on any atom is -0.481 e. The van der Waals surface area contributed by atoms with Crippen molar-refractivity contribution in [1.82, 2.24) is 5.32 Å². The smallest absolute Gasteiger partial charge is 0.261 e. The molecule has 0 saturated heterocycles. The van der Waals surface area contributed by atoms with E-state index in [9.17, 15) is 9.59 Å². The van der Waals surface area contributed by atoms with Gasteiger partial charge in [-0.25, -0.2) is 0 Å². The van der Waals surface area contributed by atoms with E-state index in [4.69, 9.17) is 22.1 Å². The van der Waals surface area contributed by atoms with Gasteiger partial charge in [0.1, 0.15) is 11.8 Å². The molecule has 0 aliphatic rings. The molecule has 2 unspecified atom stereocenters. The van der Waals surface area contributed by atoms with Gasteiger partial charge in [-0.05, 0) is 43.2 Å². The molecule has 5 nitrogen and oxygen atoms in total. The zero-order valence-corrected chi connectivity index (χ0v) is 14.2. The van der Waals surface area contributed by atoms with Crippen molar-refractivity contribution in [2.24, 2.45) is 5.73 Å². The van der Waals surface area contributed by atoms with Gasteiger partial charge in [-0.2, -0.15) is 0 Å². The molecule has 0 aliphatic heterocycles. The van der Waals surface area contributed by atoms with Crippen molar-refractivity contribution >= 4 is 23.4 Å². The Morgan fingerprint density at radius 1 is 1.17 bits per heavy atom. The second-order valence-electron chi connectivity index (χ2n) is 5.42. The first-order chi connectivity index (χ1) is 11.4. The van der Waals surface area contributed by atoms with Gasteiger partial charge in [0, 0.05) is 5.02 Å². The summed E-state index contributed by atoms with van der Waals surface area (Å²) in [6, 6.07) is 13.0. The fourth-order valence-corrected chi connectivity index (χ4v) is 2.44. The number of primary amides is 1. The molecular formula is C18H19ClN2O3. The van der Waals surface area contributed by atoms with Gasteiger partial charge >= 0.3 is 0 Å².